The van der Waals surface area contributed by atoms with Crippen LogP contribution in [-0.2, 0) is 5.54 Å². The summed E-state index contributed by atoms with van der Waals surface area (Å²) in [7, 11) is 0. The zero-order chi connectivity index (χ0) is 25.9. The maximum atomic E-state index is 13.4. The van der Waals surface area contributed by atoms with E-state index in [2.05, 4.69) is 9.97 Å². The quantitative estimate of drug-likeness (QED) is 0.368. The van der Waals surface area contributed by atoms with Gasteiger partial charge in [-0.15, -0.1) is 22.7 Å². The molecule has 3 atom stereocenters. The Balaban J connectivity index is 1.16. The number of halogens is 1. The molecule has 1 amide bonds. The van der Waals surface area contributed by atoms with Crippen LogP contribution >= 0.6 is 22.7 Å². The van der Waals surface area contributed by atoms with Crippen LogP contribution < -0.4 is 10.5 Å². The van der Waals surface area contributed by atoms with Gasteiger partial charge in [0.1, 0.15) is 27.5 Å². The van der Waals surface area contributed by atoms with Crippen molar-refractivity contribution in [2.45, 2.75) is 32.4 Å². The van der Waals surface area contributed by atoms with Crippen LogP contribution in [0.5, 0.6) is 5.88 Å². The first-order chi connectivity index (χ1) is 17.7. The average molecular weight is 536 g/mol. The third-order valence-electron chi connectivity index (χ3n) is 6.99. The van der Waals surface area contributed by atoms with Gasteiger partial charge in [-0.2, -0.15) is 0 Å². The van der Waals surface area contributed by atoms with Crippen LogP contribution in [0.2, 0.25) is 0 Å². The number of hydrogen-bond donors (Lipinski definition) is 1. The van der Waals surface area contributed by atoms with E-state index < -0.39 is 5.54 Å². The summed E-state index contributed by atoms with van der Waals surface area (Å²) in [5.41, 5.74) is 11.5. The van der Waals surface area contributed by atoms with Gasteiger partial charge in [0, 0.05) is 47.5 Å². The molecule has 4 aromatic rings. The SMILES string of the molecule is Cc1nc(-c2cscn2)sc1C(=O)N1C[C@@H]2[C@H](C1)[C@@H]2Oc1cc(C(C)(C)N)cc(-c2ccc(F)cc2)n1. The molecule has 3 aromatic heterocycles. The molecule has 2 fully saturated rings. The molecule has 6 rings (SSSR count). The first-order valence-electron chi connectivity index (χ1n) is 12.1. The minimum Gasteiger partial charge on any atom is -0.474 e. The van der Waals surface area contributed by atoms with Crippen LogP contribution in [0.25, 0.3) is 22.0 Å². The molecule has 2 N–H and O–H groups in total. The first kappa shape index (κ1) is 24.1. The summed E-state index contributed by atoms with van der Waals surface area (Å²) in [4.78, 5) is 29.4. The number of piperidine rings is 1. The van der Waals surface area contributed by atoms with E-state index in [4.69, 9.17) is 15.5 Å². The van der Waals surface area contributed by atoms with Crippen molar-refractivity contribution in [1.82, 2.24) is 19.9 Å². The number of benzene rings is 1. The van der Waals surface area contributed by atoms with E-state index >= 15 is 0 Å². The number of carbonyl (C=O) groups excluding carboxylic acids is 1. The Bertz CT molecular complexity index is 1450. The number of fused-ring (bicyclic) bond motifs is 1. The molecule has 1 saturated carbocycles. The number of likely N-dealkylation sites (tertiary alicyclic amines) is 1. The van der Waals surface area contributed by atoms with E-state index in [1.54, 1.807) is 17.6 Å². The van der Waals surface area contributed by atoms with Gasteiger partial charge in [-0.1, -0.05) is 0 Å². The van der Waals surface area contributed by atoms with E-state index in [-0.39, 0.29) is 29.7 Å². The Kier molecular flexibility index (Phi) is 5.85. The fourth-order valence-corrected chi connectivity index (χ4v) is 6.44. The number of hydrogen-bond acceptors (Lipinski definition) is 8. The highest BCUT2D eigenvalue weighted by atomic mass is 32.1. The molecule has 2 aliphatic rings. The van der Waals surface area contributed by atoms with Gasteiger partial charge < -0.3 is 15.4 Å². The zero-order valence-electron chi connectivity index (χ0n) is 20.6. The summed E-state index contributed by atoms with van der Waals surface area (Å²) >= 11 is 2.91. The Hall–Kier alpha value is -3.21. The molecular weight excluding hydrogens is 509 g/mol. The van der Waals surface area contributed by atoms with Gasteiger partial charge in [0.15, 0.2) is 0 Å². The lowest BCUT2D eigenvalue weighted by Gasteiger charge is -2.22. The number of amides is 1. The van der Waals surface area contributed by atoms with E-state index in [1.807, 2.05) is 43.2 Å². The first-order valence-corrected chi connectivity index (χ1v) is 13.8. The van der Waals surface area contributed by atoms with Crippen LogP contribution in [0, 0.1) is 24.6 Å². The van der Waals surface area contributed by atoms with Crippen LogP contribution in [0.1, 0.15) is 34.8 Å². The van der Waals surface area contributed by atoms with Gasteiger partial charge in [-0.3, -0.25) is 4.79 Å². The van der Waals surface area contributed by atoms with Crippen molar-refractivity contribution in [2.24, 2.45) is 17.6 Å². The summed E-state index contributed by atoms with van der Waals surface area (Å²) < 4.78 is 19.8. The minimum atomic E-state index is -0.595. The number of thiazole rings is 2. The standard InChI is InChI=1S/C27H26FN5O2S2/c1-14-24(37-25(31-14)21-12-36-13-30-21)26(34)33-10-18-19(11-33)23(18)35-22-9-16(27(2,3)29)8-20(32-22)15-4-6-17(28)7-5-15/h4-9,12-13,18-19,23H,10-11,29H2,1-3H3/t18-,19+,23-. The zero-order valence-corrected chi connectivity index (χ0v) is 22.3. The summed E-state index contributed by atoms with van der Waals surface area (Å²) in [6.07, 6.45) is 0.00174. The minimum absolute atomic E-state index is 0.00174. The predicted molar refractivity (Wildman–Crippen MR) is 142 cm³/mol. The molecule has 0 unspecified atom stereocenters. The molecule has 1 saturated heterocycles. The van der Waals surface area contributed by atoms with Crippen LogP contribution in [0.15, 0.2) is 47.3 Å². The fraction of sp³-hybridized carbons (Fsp3) is 0.333. The van der Waals surface area contributed by atoms with Crippen molar-refractivity contribution in [3.05, 3.63) is 69.2 Å². The van der Waals surface area contributed by atoms with E-state index in [0.29, 0.717) is 29.5 Å². The molecule has 1 aromatic carbocycles. The van der Waals surface area contributed by atoms with Crippen molar-refractivity contribution in [3.63, 3.8) is 0 Å². The van der Waals surface area contributed by atoms with Crippen molar-refractivity contribution in [2.75, 3.05) is 13.1 Å². The molecule has 10 heteroatoms. The Morgan fingerprint density at radius 2 is 1.86 bits per heavy atom. The maximum absolute atomic E-state index is 13.4. The molecule has 0 bridgehead atoms. The van der Waals surface area contributed by atoms with Crippen molar-refractivity contribution in [1.29, 1.82) is 0 Å². The topological polar surface area (TPSA) is 94.2 Å². The van der Waals surface area contributed by atoms with Crippen molar-refractivity contribution < 1.29 is 13.9 Å². The van der Waals surface area contributed by atoms with Crippen molar-refractivity contribution >= 4 is 28.6 Å². The third-order valence-corrected chi connectivity index (χ3v) is 8.74. The number of carbonyl (C=O) groups is 1. The molecule has 0 radical (unpaired) electrons. The van der Waals surface area contributed by atoms with Gasteiger partial charge in [-0.25, -0.2) is 19.3 Å². The number of rotatable bonds is 6. The average Bonchev–Trinajstić information content (AvgIpc) is 3.36. The summed E-state index contributed by atoms with van der Waals surface area (Å²) in [5.74, 6) is 0.750. The van der Waals surface area contributed by atoms with Crippen molar-refractivity contribution in [3.8, 4) is 27.8 Å². The largest absolute Gasteiger partial charge is 0.474 e. The highest BCUT2D eigenvalue weighted by Gasteiger charge is 2.59. The van der Waals surface area contributed by atoms with Crippen LogP contribution in [0.3, 0.4) is 0 Å². The van der Waals surface area contributed by atoms with Crippen LogP contribution in [0.4, 0.5) is 4.39 Å². The maximum Gasteiger partial charge on any atom is 0.265 e. The summed E-state index contributed by atoms with van der Waals surface area (Å²) in [5, 5.41) is 2.72. The number of nitrogens with zero attached hydrogens (tertiary/aromatic N) is 4. The molecule has 190 valence electrons. The second-order valence-electron chi connectivity index (χ2n) is 10.2. The number of nitrogens with two attached hydrogens (primary N) is 1. The summed E-state index contributed by atoms with van der Waals surface area (Å²) in [6.45, 7) is 7.02. The monoisotopic (exact) mass is 535 g/mol. The Morgan fingerprint density at radius 3 is 2.51 bits per heavy atom. The molecule has 4 heterocycles. The Morgan fingerprint density at radius 1 is 1.14 bits per heavy atom. The summed E-state index contributed by atoms with van der Waals surface area (Å²) in [6, 6.07) is 10.0. The number of pyridine rings is 1. The fourth-order valence-electron chi connectivity index (χ4n) is 4.82. The molecule has 0 spiro atoms. The van der Waals surface area contributed by atoms with E-state index in [9.17, 15) is 9.18 Å². The van der Waals surface area contributed by atoms with Gasteiger partial charge in [0.05, 0.1) is 16.9 Å². The Labute approximate surface area is 222 Å². The molecule has 1 aliphatic carbocycles. The highest BCUT2D eigenvalue weighted by Crippen LogP contribution is 2.48. The molecule has 7 nitrogen and oxygen atoms in total. The molecular formula is C27H26FN5O2S2. The van der Waals surface area contributed by atoms with E-state index in [0.717, 1.165) is 27.5 Å². The second kappa shape index (κ2) is 8.97. The lowest BCUT2D eigenvalue weighted by Crippen LogP contribution is -2.33. The highest BCUT2D eigenvalue weighted by molar-refractivity contribution is 7.17. The smallest absolute Gasteiger partial charge is 0.265 e. The molecule has 37 heavy (non-hydrogen) atoms. The molecule has 1 aliphatic heterocycles. The van der Waals surface area contributed by atoms with E-state index in [1.165, 1.54) is 34.8 Å². The number of aryl methyl sites for hydroxylation is 1. The second-order valence-corrected chi connectivity index (χ2v) is 12.0. The number of ether oxygens (including phenoxy) is 1. The van der Waals surface area contributed by atoms with Crippen LogP contribution in [-0.4, -0.2) is 45.0 Å². The normalized spacial score (nSPS) is 20.7. The van der Waals surface area contributed by atoms with Gasteiger partial charge in [0.2, 0.25) is 5.88 Å². The lowest BCUT2D eigenvalue weighted by atomic mass is 9.95. The number of aromatic nitrogens is 3. The van der Waals surface area contributed by atoms with Gasteiger partial charge in [-0.05, 0) is 56.7 Å². The van der Waals surface area contributed by atoms with Gasteiger partial charge >= 0.3 is 0 Å². The van der Waals surface area contributed by atoms with Gasteiger partial charge in [0.25, 0.3) is 5.91 Å². The third kappa shape index (κ3) is 4.65. The predicted octanol–water partition coefficient (Wildman–Crippen LogP) is 5.12. The lowest BCUT2D eigenvalue weighted by molar-refractivity contribution is 0.0755.